The van der Waals surface area contributed by atoms with E-state index in [9.17, 15) is 0 Å². The number of hydrogen-bond donors (Lipinski definition) is 1. The fourth-order valence-corrected chi connectivity index (χ4v) is 2.44. The first-order valence-electron chi connectivity index (χ1n) is 6.00. The van der Waals surface area contributed by atoms with Crippen LogP contribution in [-0.4, -0.2) is 24.6 Å². The molecule has 1 unspecified atom stereocenters. The fraction of sp³-hybridized carbons (Fsp3) is 1.00. The molecule has 0 spiro atoms. The van der Waals surface area contributed by atoms with Gasteiger partial charge in [0.05, 0.1) is 0 Å². The van der Waals surface area contributed by atoms with Crippen LogP contribution in [0, 0.1) is 5.92 Å². The molecule has 14 heavy (non-hydrogen) atoms. The Morgan fingerprint density at radius 2 is 1.79 bits per heavy atom. The van der Waals surface area contributed by atoms with Crippen LogP contribution in [0.2, 0.25) is 0 Å². The van der Waals surface area contributed by atoms with Crippen LogP contribution in [0.1, 0.15) is 46.5 Å². The predicted octanol–water partition coefficient (Wildman–Crippen LogP) is 3.54. The normalized spacial score (nSPS) is 13.5. The Bertz CT molecular complexity index is 113. The van der Waals surface area contributed by atoms with E-state index < -0.39 is 0 Å². The Balaban J connectivity index is 3.80. The van der Waals surface area contributed by atoms with E-state index in [0.29, 0.717) is 0 Å². The van der Waals surface area contributed by atoms with Crippen LogP contribution in [-0.2, 0) is 0 Å². The maximum absolute atomic E-state index is 3.65. The molecular weight excluding hydrogens is 190 g/mol. The third kappa shape index (κ3) is 6.72. The van der Waals surface area contributed by atoms with Crippen LogP contribution in [0.5, 0.6) is 0 Å². The van der Waals surface area contributed by atoms with E-state index in [1.165, 1.54) is 38.0 Å². The van der Waals surface area contributed by atoms with Crippen molar-refractivity contribution in [2.45, 2.75) is 52.5 Å². The molecule has 1 atom stereocenters. The molecule has 0 bridgehead atoms. The Morgan fingerprint density at radius 3 is 2.21 bits per heavy atom. The zero-order valence-electron chi connectivity index (χ0n) is 10.3. The Hall–Kier alpha value is 0.310. The van der Waals surface area contributed by atoms with Gasteiger partial charge >= 0.3 is 0 Å². The molecule has 0 aliphatic carbocycles. The van der Waals surface area contributed by atoms with Crippen LogP contribution in [0.15, 0.2) is 0 Å². The van der Waals surface area contributed by atoms with Crippen LogP contribution in [0.4, 0.5) is 0 Å². The van der Waals surface area contributed by atoms with Crippen molar-refractivity contribution < 1.29 is 0 Å². The summed E-state index contributed by atoms with van der Waals surface area (Å²) in [7, 11) is 0. The molecule has 2 heteroatoms. The monoisotopic (exact) mass is 217 g/mol. The van der Waals surface area contributed by atoms with Crippen molar-refractivity contribution in [2.24, 2.45) is 5.92 Å². The number of hydrogen-bond acceptors (Lipinski definition) is 2. The molecule has 0 aliphatic heterocycles. The highest BCUT2D eigenvalue weighted by Gasteiger charge is 2.12. The first kappa shape index (κ1) is 14.3. The summed E-state index contributed by atoms with van der Waals surface area (Å²) in [6, 6.07) is 0.731. The summed E-state index contributed by atoms with van der Waals surface area (Å²) in [4.78, 5) is 0. The van der Waals surface area contributed by atoms with Gasteiger partial charge in [0.15, 0.2) is 0 Å². The van der Waals surface area contributed by atoms with Gasteiger partial charge in [-0.2, -0.15) is 11.8 Å². The van der Waals surface area contributed by atoms with Gasteiger partial charge in [0.2, 0.25) is 0 Å². The summed E-state index contributed by atoms with van der Waals surface area (Å²) in [6.07, 6.45) is 7.46. The lowest BCUT2D eigenvalue weighted by Gasteiger charge is -2.22. The molecule has 86 valence electrons. The largest absolute Gasteiger partial charge is 0.313 e. The second kappa shape index (κ2) is 9.85. The van der Waals surface area contributed by atoms with Gasteiger partial charge in [0.25, 0.3) is 0 Å². The van der Waals surface area contributed by atoms with E-state index >= 15 is 0 Å². The van der Waals surface area contributed by atoms with E-state index in [4.69, 9.17) is 0 Å². The van der Waals surface area contributed by atoms with Crippen LogP contribution in [0.25, 0.3) is 0 Å². The lowest BCUT2D eigenvalue weighted by Crippen LogP contribution is -2.33. The van der Waals surface area contributed by atoms with Gasteiger partial charge in [-0.25, -0.2) is 0 Å². The van der Waals surface area contributed by atoms with E-state index in [-0.39, 0.29) is 0 Å². The molecule has 0 saturated heterocycles. The fourth-order valence-electron chi connectivity index (χ4n) is 1.78. The summed E-state index contributed by atoms with van der Waals surface area (Å²) in [5, 5.41) is 3.65. The maximum atomic E-state index is 3.65. The molecule has 0 rings (SSSR count). The lowest BCUT2D eigenvalue weighted by molar-refractivity contribution is 0.384. The number of thioether (sulfide) groups is 1. The zero-order valence-corrected chi connectivity index (χ0v) is 11.1. The third-order valence-corrected chi connectivity index (χ3v) is 3.56. The molecule has 0 aromatic heterocycles. The molecule has 0 aromatic rings. The first-order chi connectivity index (χ1) is 6.78. The lowest BCUT2D eigenvalue weighted by atomic mass is 9.95. The van der Waals surface area contributed by atoms with E-state index in [1.54, 1.807) is 0 Å². The Labute approximate surface area is 94.4 Å². The molecule has 1 N–H and O–H groups in total. The van der Waals surface area contributed by atoms with Gasteiger partial charge < -0.3 is 5.32 Å². The van der Waals surface area contributed by atoms with Crippen molar-refractivity contribution in [3.63, 3.8) is 0 Å². The van der Waals surface area contributed by atoms with Crippen molar-refractivity contribution >= 4 is 11.8 Å². The second-order valence-electron chi connectivity index (χ2n) is 4.02. The minimum Gasteiger partial charge on any atom is -0.313 e. The second-order valence-corrected chi connectivity index (χ2v) is 4.94. The molecule has 1 nitrogen and oxygen atoms in total. The van der Waals surface area contributed by atoms with E-state index in [1.807, 2.05) is 11.8 Å². The molecule has 0 heterocycles. The highest BCUT2D eigenvalue weighted by atomic mass is 32.2. The van der Waals surface area contributed by atoms with Crippen molar-refractivity contribution in [3.8, 4) is 0 Å². The smallest absolute Gasteiger partial charge is 0.0160 e. The van der Waals surface area contributed by atoms with Crippen molar-refractivity contribution in [2.75, 3.05) is 18.6 Å². The Morgan fingerprint density at radius 1 is 1.14 bits per heavy atom. The van der Waals surface area contributed by atoms with Crippen molar-refractivity contribution in [1.82, 2.24) is 5.32 Å². The first-order valence-corrected chi connectivity index (χ1v) is 7.40. The molecule has 0 radical (unpaired) electrons. The van der Waals surface area contributed by atoms with Crippen LogP contribution >= 0.6 is 11.8 Å². The quantitative estimate of drug-likeness (QED) is 0.634. The average Bonchev–Trinajstić information content (AvgIpc) is 2.22. The van der Waals surface area contributed by atoms with E-state index in [2.05, 4.69) is 32.3 Å². The maximum Gasteiger partial charge on any atom is 0.0160 e. The van der Waals surface area contributed by atoms with Gasteiger partial charge in [-0.3, -0.25) is 0 Å². The molecule has 0 amide bonds. The summed E-state index contributed by atoms with van der Waals surface area (Å²) in [6.45, 7) is 8.03. The molecule has 0 aliphatic rings. The van der Waals surface area contributed by atoms with Gasteiger partial charge in [0, 0.05) is 11.8 Å². The zero-order chi connectivity index (χ0) is 10.8. The minimum atomic E-state index is 0.731. The molecular formula is C12H27NS. The summed E-state index contributed by atoms with van der Waals surface area (Å²) >= 11 is 1.96. The van der Waals surface area contributed by atoms with Crippen molar-refractivity contribution in [3.05, 3.63) is 0 Å². The highest BCUT2D eigenvalue weighted by Crippen LogP contribution is 2.16. The summed E-state index contributed by atoms with van der Waals surface area (Å²) < 4.78 is 0. The van der Waals surface area contributed by atoms with Crippen molar-refractivity contribution in [1.29, 1.82) is 0 Å². The summed E-state index contributed by atoms with van der Waals surface area (Å²) in [5.41, 5.74) is 0. The van der Waals surface area contributed by atoms with Crippen LogP contribution < -0.4 is 5.32 Å². The van der Waals surface area contributed by atoms with Crippen LogP contribution in [0.3, 0.4) is 0 Å². The minimum absolute atomic E-state index is 0.731. The summed E-state index contributed by atoms with van der Waals surface area (Å²) in [5.74, 6) is 2.17. The number of nitrogens with one attached hydrogen (secondary N) is 1. The van der Waals surface area contributed by atoms with Gasteiger partial charge in [-0.1, -0.05) is 33.6 Å². The number of rotatable bonds is 9. The third-order valence-electron chi connectivity index (χ3n) is 2.82. The standard InChI is InChI=1S/C12H27NS/c1-5-8-13-12(10-14-4)9-11(6-2)7-3/h11-13H,5-10H2,1-4H3. The molecule has 0 saturated carbocycles. The van der Waals surface area contributed by atoms with E-state index in [0.717, 1.165) is 12.0 Å². The topological polar surface area (TPSA) is 12.0 Å². The average molecular weight is 217 g/mol. The van der Waals surface area contributed by atoms with Gasteiger partial charge in [0.1, 0.15) is 0 Å². The van der Waals surface area contributed by atoms with Gasteiger partial charge in [-0.15, -0.1) is 0 Å². The molecule has 0 aromatic carbocycles. The molecule has 0 fully saturated rings. The Kier molecular flexibility index (Phi) is 10.1. The SMILES string of the molecule is CCCNC(CSC)CC(CC)CC. The highest BCUT2D eigenvalue weighted by molar-refractivity contribution is 7.98. The predicted molar refractivity (Wildman–Crippen MR) is 69.2 cm³/mol. The van der Waals surface area contributed by atoms with Gasteiger partial charge in [-0.05, 0) is 31.6 Å².